The van der Waals surface area contributed by atoms with E-state index in [2.05, 4.69) is 16.4 Å². The number of hydrogen-bond acceptors (Lipinski definition) is 4. The second-order valence-corrected chi connectivity index (χ2v) is 4.87. The first-order valence-electron chi connectivity index (χ1n) is 6.41. The fourth-order valence-electron chi connectivity index (χ4n) is 2.22. The zero-order valence-electron chi connectivity index (χ0n) is 11.5. The Labute approximate surface area is 117 Å². The molecule has 0 fully saturated rings. The standard InChI is InChI=1S/C15H17N3O2/c1-11-6-12(2)8-14(7-11)17-15(10-18(19)20)13-4-3-5-16-9-13/h3-9,15,17H,10H2,1-2H3. The molecule has 0 spiro atoms. The van der Waals surface area contributed by atoms with E-state index in [9.17, 15) is 10.1 Å². The van der Waals surface area contributed by atoms with E-state index in [1.165, 1.54) is 0 Å². The van der Waals surface area contributed by atoms with E-state index < -0.39 is 0 Å². The summed E-state index contributed by atoms with van der Waals surface area (Å²) in [6.07, 6.45) is 3.31. The van der Waals surface area contributed by atoms with Gasteiger partial charge in [-0.3, -0.25) is 15.1 Å². The largest absolute Gasteiger partial charge is 0.372 e. The third-order valence-corrected chi connectivity index (χ3v) is 2.98. The van der Waals surface area contributed by atoms with E-state index >= 15 is 0 Å². The number of nitrogens with one attached hydrogen (secondary N) is 1. The number of anilines is 1. The van der Waals surface area contributed by atoms with Gasteiger partial charge in [0, 0.05) is 23.0 Å². The van der Waals surface area contributed by atoms with Gasteiger partial charge in [0.2, 0.25) is 6.54 Å². The van der Waals surface area contributed by atoms with E-state index in [1.807, 2.05) is 32.0 Å². The zero-order chi connectivity index (χ0) is 14.5. The molecule has 1 N–H and O–H groups in total. The molecule has 1 atom stereocenters. The molecular weight excluding hydrogens is 254 g/mol. The van der Waals surface area contributed by atoms with Crippen molar-refractivity contribution in [3.63, 3.8) is 0 Å². The van der Waals surface area contributed by atoms with Crippen molar-refractivity contribution in [1.29, 1.82) is 0 Å². The van der Waals surface area contributed by atoms with E-state index in [1.54, 1.807) is 18.5 Å². The Bertz CT molecular complexity index is 579. The van der Waals surface area contributed by atoms with Gasteiger partial charge in [-0.1, -0.05) is 12.1 Å². The lowest BCUT2D eigenvalue weighted by Gasteiger charge is -2.17. The molecule has 0 radical (unpaired) electrons. The van der Waals surface area contributed by atoms with Crippen LogP contribution in [0.15, 0.2) is 42.7 Å². The molecule has 5 heteroatoms. The van der Waals surface area contributed by atoms with Crippen LogP contribution in [0.1, 0.15) is 22.7 Å². The summed E-state index contributed by atoms with van der Waals surface area (Å²) in [5.41, 5.74) is 3.94. The summed E-state index contributed by atoms with van der Waals surface area (Å²) < 4.78 is 0. The Hall–Kier alpha value is -2.43. The van der Waals surface area contributed by atoms with Gasteiger partial charge in [-0.15, -0.1) is 0 Å². The van der Waals surface area contributed by atoms with Crippen LogP contribution in [-0.4, -0.2) is 16.5 Å². The molecule has 20 heavy (non-hydrogen) atoms. The Morgan fingerprint density at radius 1 is 1.30 bits per heavy atom. The highest BCUT2D eigenvalue weighted by Gasteiger charge is 2.17. The van der Waals surface area contributed by atoms with Crippen LogP contribution in [0.25, 0.3) is 0 Å². The topological polar surface area (TPSA) is 68.1 Å². The minimum Gasteiger partial charge on any atom is -0.372 e. The first-order chi connectivity index (χ1) is 9.54. The molecule has 0 bridgehead atoms. The lowest BCUT2D eigenvalue weighted by molar-refractivity contribution is -0.482. The van der Waals surface area contributed by atoms with E-state index in [-0.39, 0.29) is 17.5 Å². The number of nitro groups is 1. The summed E-state index contributed by atoms with van der Waals surface area (Å²) in [7, 11) is 0. The number of nitrogens with zero attached hydrogens (tertiary/aromatic N) is 2. The maximum Gasteiger partial charge on any atom is 0.227 e. The van der Waals surface area contributed by atoms with Gasteiger partial charge in [0.1, 0.15) is 6.04 Å². The van der Waals surface area contributed by atoms with Gasteiger partial charge in [0.15, 0.2) is 0 Å². The van der Waals surface area contributed by atoms with Gasteiger partial charge in [-0.2, -0.15) is 0 Å². The normalized spacial score (nSPS) is 11.9. The molecule has 0 saturated heterocycles. The van der Waals surface area contributed by atoms with Crippen molar-refractivity contribution in [2.45, 2.75) is 19.9 Å². The number of rotatable bonds is 5. The van der Waals surface area contributed by atoms with Gasteiger partial charge < -0.3 is 5.32 Å². The average molecular weight is 271 g/mol. The lowest BCUT2D eigenvalue weighted by Crippen LogP contribution is -2.20. The third kappa shape index (κ3) is 3.78. The van der Waals surface area contributed by atoms with Crippen molar-refractivity contribution in [2.75, 3.05) is 11.9 Å². The van der Waals surface area contributed by atoms with E-state index in [0.717, 1.165) is 22.4 Å². The Balaban J connectivity index is 2.26. The van der Waals surface area contributed by atoms with E-state index in [0.29, 0.717) is 0 Å². The smallest absolute Gasteiger partial charge is 0.227 e. The van der Waals surface area contributed by atoms with Crippen LogP contribution in [-0.2, 0) is 0 Å². The highest BCUT2D eigenvalue weighted by molar-refractivity contribution is 5.50. The molecule has 1 aromatic carbocycles. The minimum atomic E-state index is -0.389. The molecule has 2 aromatic rings. The Kier molecular flexibility index (Phi) is 4.30. The number of benzene rings is 1. The van der Waals surface area contributed by atoms with Crippen LogP contribution in [0.2, 0.25) is 0 Å². The minimum absolute atomic E-state index is 0.182. The number of aromatic nitrogens is 1. The molecule has 104 valence electrons. The maximum absolute atomic E-state index is 10.9. The number of hydrogen-bond donors (Lipinski definition) is 1. The molecule has 0 aliphatic heterocycles. The first kappa shape index (κ1) is 14.0. The van der Waals surface area contributed by atoms with Crippen molar-refractivity contribution < 1.29 is 4.92 Å². The molecular formula is C15H17N3O2. The second-order valence-electron chi connectivity index (χ2n) is 4.87. The van der Waals surface area contributed by atoms with Gasteiger partial charge in [0.25, 0.3) is 0 Å². The van der Waals surface area contributed by atoms with Gasteiger partial charge >= 0.3 is 0 Å². The van der Waals surface area contributed by atoms with Crippen molar-refractivity contribution in [3.8, 4) is 0 Å². The van der Waals surface area contributed by atoms with Gasteiger partial charge in [-0.25, -0.2) is 0 Å². The van der Waals surface area contributed by atoms with Crippen LogP contribution in [0.4, 0.5) is 5.69 Å². The number of aryl methyl sites for hydroxylation is 2. The van der Waals surface area contributed by atoms with Gasteiger partial charge in [0.05, 0.1) is 0 Å². The average Bonchev–Trinajstić information content (AvgIpc) is 2.37. The molecule has 0 aliphatic rings. The summed E-state index contributed by atoms with van der Waals surface area (Å²) in [5.74, 6) is 0. The van der Waals surface area contributed by atoms with Crippen LogP contribution in [0.3, 0.4) is 0 Å². The van der Waals surface area contributed by atoms with Crippen molar-refractivity contribution in [2.24, 2.45) is 0 Å². The zero-order valence-corrected chi connectivity index (χ0v) is 11.5. The summed E-state index contributed by atoms with van der Waals surface area (Å²) in [5, 5.41) is 14.1. The summed E-state index contributed by atoms with van der Waals surface area (Å²) in [6.45, 7) is 3.83. The molecule has 0 saturated carbocycles. The molecule has 0 amide bonds. The fourth-order valence-corrected chi connectivity index (χ4v) is 2.22. The SMILES string of the molecule is Cc1cc(C)cc(NC(C[N+](=O)[O-])c2cccnc2)c1. The number of pyridine rings is 1. The summed E-state index contributed by atoms with van der Waals surface area (Å²) >= 11 is 0. The predicted molar refractivity (Wildman–Crippen MR) is 78.4 cm³/mol. The van der Waals surface area contributed by atoms with E-state index in [4.69, 9.17) is 0 Å². The fraction of sp³-hybridized carbons (Fsp3) is 0.267. The lowest BCUT2D eigenvalue weighted by atomic mass is 10.1. The second kappa shape index (κ2) is 6.14. The molecule has 1 heterocycles. The van der Waals surface area contributed by atoms with Crippen LogP contribution < -0.4 is 5.32 Å². The quantitative estimate of drug-likeness (QED) is 0.670. The van der Waals surface area contributed by atoms with Crippen molar-refractivity contribution in [3.05, 3.63) is 69.5 Å². The predicted octanol–water partition coefficient (Wildman–Crippen LogP) is 3.13. The van der Waals surface area contributed by atoms with Crippen molar-refractivity contribution in [1.82, 2.24) is 4.98 Å². The monoisotopic (exact) mass is 271 g/mol. The first-order valence-corrected chi connectivity index (χ1v) is 6.41. The molecule has 5 nitrogen and oxygen atoms in total. The summed E-state index contributed by atoms with van der Waals surface area (Å²) in [6, 6.07) is 9.27. The van der Waals surface area contributed by atoms with Crippen LogP contribution in [0, 0.1) is 24.0 Å². The molecule has 2 rings (SSSR count). The Morgan fingerprint density at radius 3 is 2.55 bits per heavy atom. The third-order valence-electron chi connectivity index (χ3n) is 2.98. The molecule has 1 aromatic heterocycles. The Morgan fingerprint density at radius 2 is 2.00 bits per heavy atom. The summed E-state index contributed by atoms with van der Waals surface area (Å²) in [4.78, 5) is 14.6. The van der Waals surface area contributed by atoms with Gasteiger partial charge in [-0.05, 0) is 48.7 Å². The highest BCUT2D eigenvalue weighted by Crippen LogP contribution is 2.21. The maximum atomic E-state index is 10.9. The van der Waals surface area contributed by atoms with Crippen LogP contribution in [0.5, 0.6) is 0 Å². The molecule has 0 aliphatic carbocycles. The van der Waals surface area contributed by atoms with Crippen LogP contribution >= 0.6 is 0 Å². The highest BCUT2D eigenvalue weighted by atomic mass is 16.6. The van der Waals surface area contributed by atoms with Crippen molar-refractivity contribution >= 4 is 5.69 Å². The molecule has 1 unspecified atom stereocenters.